The number of nitrogens with two attached hydrogens (primary N) is 1. The Labute approximate surface area is 86.6 Å². The fourth-order valence-corrected chi connectivity index (χ4v) is 2.23. The zero-order valence-corrected chi connectivity index (χ0v) is 8.92. The molecule has 1 aromatic rings. The van der Waals surface area contributed by atoms with Gasteiger partial charge in [0.25, 0.3) is 0 Å². The fraction of sp³-hybridized carbons (Fsp3) is 0.300. The molecule has 1 unspecified atom stereocenters. The molecule has 0 spiro atoms. The largest absolute Gasteiger partial charge is 0.445 e. The molecule has 76 valence electrons. The molecule has 0 saturated carbocycles. The van der Waals surface area contributed by atoms with Crippen LogP contribution in [0.15, 0.2) is 35.2 Å². The summed E-state index contributed by atoms with van der Waals surface area (Å²) in [5, 5.41) is 0. The van der Waals surface area contributed by atoms with E-state index in [1.165, 1.54) is 4.90 Å². The first-order chi connectivity index (χ1) is 6.70. The van der Waals surface area contributed by atoms with E-state index in [0.29, 0.717) is 6.61 Å². The van der Waals surface area contributed by atoms with Crippen LogP contribution in [0.5, 0.6) is 0 Å². The Kier molecular flexibility index (Phi) is 4.32. The van der Waals surface area contributed by atoms with Crippen molar-refractivity contribution in [3.8, 4) is 0 Å². The van der Waals surface area contributed by atoms with Gasteiger partial charge in [-0.3, -0.25) is 0 Å². The van der Waals surface area contributed by atoms with Crippen molar-refractivity contribution in [3.63, 3.8) is 0 Å². The fourth-order valence-electron chi connectivity index (χ4n) is 1.04. The first-order valence-corrected chi connectivity index (χ1v) is 6.10. The van der Waals surface area contributed by atoms with Crippen LogP contribution in [-0.2, 0) is 15.6 Å². The summed E-state index contributed by atoms with van der Waals surface area (Å²) in [5.74, 6) is 0.826. The monoisotopic (exact) mass is 212 g/mol. The molecule has 0 aromatic heterocycles. The number of benzene rings is 1. The lowest BCUT2D eigenvalue weighted by atomic mass is 10.4. The third kappa shape index (κ3) is 3.70. The van der Waals surface area contributed by atoms with Gasteiger partial charge in [0.2, 0.25) is 0 Å². The summed E-state index contributed by atoms with van der Waals surface area (Å²) in [6, 6.07) is 10.2. The highest BCUT2D eigenvalue weighted by Crippen LogP contribution is 2.09. The Morgan fingerprint density at radius 2 is 2.07 bits per heavy atom. The predicted octanol–water partition coefficient (Wildman–Crippen LogP) is 1.39. The van der Waals surface area contributed by atoms with Crippen molar-refractivity contribution in [2.45, 2.75) is 4.90 Å². The summed E-state index contributed by atoms with van der Waals surface area (Å²) in [6.45, 7) is 0.393. The lowest BCUT2D eigenvalue weighted by molar-refractivity contribution is 0.164. The average molecular weight is 212 g/mol. The third-order valence-electron chi connectivity index (χ3n) is 1.78. The lowest BCUT2D eigenvalue weighted by Gasteiger charge is -2.02. The van der Waals surface area contributed by atoms with E-state index in [-0.39, 0.29) is 10.9 Å². The van der Waals surface area contributed by atoms with Crippen LogP contribution in [0.25, 0.3) is 0 Å². The highest BCUT2D eigenvalue weighted by molar-refractivity contribution is 7.96. The molecule has 0 saturated heterocycles. The van der Waals surface area contributed by atoms with Gasteiger partial charge in [-0.1, -0.05) is 18.2 Å². The van der Waals surface area contributed by atoms with E-state index in [4.69, 9.17) is 5.73 Å². The number of hydrogen-bond donors (Lipinski definition) is 1. The van der Waals surface area contributed by atoms with Crippen LogP contribution in [0.2, 0.25) is 0 Å². The van der Waals surface area contributed by atoms with E-state index in [1.807, 2.05) is 18.2 Å². The molecule has 0 aliphatic carbocycles. The Bertz CT molecular complexity index is 289. The summed E-state index contributed by atoms with van der Waals surface area (Å²) < 4.78 is 4.68. The Morgan fingerprint density at radius 1 is 1.43 bits per heavy atom. The number of primary amides is 1. The van der Waals surface area contributed by atoms with E-state index < -0.39 is 6.09 Å². The molecule has 1 rings (SSSR count). The topological polar surface area (TPSA) is 52.3 Å². The summed E-state index contributed by atoms with van der Waals surface area (Å²) in [6.07, 6.45) is 1.43. The normalized spacial score (nSPS) is 12.1. The molecule has 0 bridgehead atoms. The molecule has 1 amide bonds. The summed E-state index contributed by atoms with van der Waals surface area (Å²) >= 11 is 0. The number of carbonyl (C=O) groups is 1. The lowest BCUT2D eigenvalue weighted by Crippen LogP contribution is -2.18. The highest BCUT2D eigenvalue weighted by atomic mass is 32.2. The summed E-state index contributed by atoms with van der Waals surface area (Å²) in [5.41, 5.74) is 4.86. The van der Waals surface area contributed by atoms with Crippen LogP contribution in [0.1, 0.15) is 0 Å². The molecule has 2 N–H and O–H groups in total. The minimum atomic E-state index is -0.699. The van der Waals surface area contributed by atoms with Gasteiger partial charge in [0.1, 0.15) is 18.6 Å². The predicted molar refractivity (Wildman–Crippen MR) is 58.4 cm³/mol. The molecule has 0 heterocycles. The van der Waals surface area contributed by atoms with Crippen molar-refractivity contribution in [1.82, 2.24) is 0 Å². The molecule has 3 nitrogen and oxygen atoms in total. The van der Waals surface area contributed by atoms with Crippen molar-refractivity contribution < 1.29 is 9.53 Å². The smallest absolute Gasteiger partial charge is 0.404 e. The maximum atomic E-state index is 10.3. The number of hydrogen-bond acceptors (Lipinski definition) is 2. The van der Waals surface area contributed by atoms with Crippen molar-refractivity contribution in [1.29, 1.82) is 0 Å². The number of amides is 1. The molecular weight excluding hydrogens is 198 g/mol. The second-order valence-corrected chi connectivity index (χ2v) is 4.98. The summed E-state index contributed by atoms with van der Waals surface area (Å²) in [4.78, 5) is 11.6. The minimum absolute atomic E-state index is 0.117. The van der Waals surface area contributed by atoms with E-state index >= 15 is 0 Å². The zero-order chi connectivity index (χ0) is 10.4. The SMILES string of the molecule is C[S+](CCOC(N)=O)c1ccccc1. The Morgan fingerprint density at radius 3 is 2.64 bits per heavy atom. The number of rotatable bonds is 4. The first kappa shape index (κ1) is 10.9. The zero-order valence-electron chi connectivity index (χ0n) is 8.10. The molecule has 0 aliphatic heterocycles. The molecule has 1 aromatic carbocycles. The van der Waals surface area contributed by atoms with Gasteiger partial charge in [-0.15, -0.1) is 0 Å². The summed E-state index contributed by atoms with van der Waals surface area (Å²) in [7, 11) is 0.117. The van der Waals surface area contributed by atoms with Gasteiger partial charge in [0.15, 0.2) is 4.90 Å². The van der Waals surface area contributed by atoms with Gasteiger partial charge >= 0.3 is 6.09 Å². The van der Waals surface area contributed by atoms with Gasteiger partial charge in [-0.2, -0.15) is 0 Å². The van der Waals surface area contributed by atoms with E-state index in [0.717, 1.165) is 5.75 Å². The van der Waals surface area contributed by atoms with Crippen LogP contribution in [-0.4, -0.2) is 24.7 Å². The molecule has 14 heavy (non-hydrogen) atoms. The quantitative estimate of drug-likeness (QED) is 0.767. The van der Waals surface area contributed by atoms with Crippen molar-refractivity contribution in [3.05, 3.63) is 30.3 Å². The maximum Gasteiger partial charge on any atom is 0.404 e. The van der Waals surface area contributed by atoms with Crippen molar-refractivity contribution in [2.24, 2.45) is 5.73 Å². The van der Waals surface area contributed by atoms with Crippen molar-refractivity contribution >= 4 is 17.0 Å². The van der Waals surface area contributed by atoms with Gasteiger partial charge in [-0.25, -0.2) is 4.79 Å². The second-order valence-electron chi connectivity index (χ2n) is 2.82. The van der Waals surface area contributed by atoms with Crippen LogP contribution >= 0.6 is 0 Å². The van der Waals surface area contributed by atoms with Gasteiger partial charge in [0, 0.05) is 10.9 Å². The molecule has 0 radical (unpaired) electrons. The first-order valence-electron chi connectivity index (χ1n) is 4.30. The Hall–Kier alpha value is -1.16. The van der Waals surface area contributed by atoms with Crippen LogP contribution in [0.4, 0.5) is 4.79 Å². The average Bonchev–Trinajstić information content (AvgIpc) is 2.18. The van der Waals surface area contributed by atoms with Crippen LogP contribution < -0.4 is 5.73 Å². The van der Waals surface area contributed by atoms with Gasteiger partial charge in [-0.05, 0) is 12.1 Å². The van der Waals surface area contributed by atoms with E-state index in [2.05, 4.69) is 23.1 Å². The highest BCUT2D eigenvalue weighted by Gasteiger charge is 2.14. The number of ether oxygens (including phenoxy) is 1. The van der Waals surface area contributed by atoms with Crippen LogP contribution in [0.3, 0.4) is 0 Å². The standard InChI is InChI=1S/C10H13NO2S/c1-14(8-7-13-10(11)12)9-5-3-2-4-6-9/h2-6H,7-8H2,1H3,(H-,11,12)/p+1. The van der Waals surface area contributed by atoms with Gasteiger partial charge in [0.05, 0.1) is 0 Å². The maximum absolute atomic E-state index is 10.3. The third-order valence-corrected chi connectivity index (χ3v) is 3.64. The van der Waals surface area contributed by atoms with Crippen molar-refractivity contribution in [2.75, 3.05) is 18.6 Å². The molecule has 0 fully saturated rings. The van der Waals surface area contributed by atoms with E-state index in [9.17, 15) is 4.79 Å². The minimum Gasteiger partial charge on any atom is -0.445 e. The number of carbonyl (C=O) groups excluding carboxylic acids is 1. The molecule has 4 heteroatoms. The molecule has 0 aliphatic rings. The molecular formula is C10H14NO2S+. The second kappa shape index (κ2) is 5.54. The Balaban J connectivity index is 2.36. The van der Waals surface area contributed by atoms with Crippen LogP contribution in [0, 0.1) is 0 Å². The van der Waals surface area contributed by atoms with E-state index in [1.54, 1.807) is 0 Å². The molecule has 1 atom stereocenters. The van der Waals surface area contributed by atoms with Gasteiger partial charge < -0.3 is 10.5 Å².